The monoisotopic (exact) mass is 271 g/mol. The molecule has 0 heterocycles. The summed E-state index contributed by atoms with van der Waals surface area (Å²) in [4.78, 5) is 12.0. The highest BCUT2D eigenvalue weighted by atomic mass is 16.5. The maximum absolute atomic E-state index is 12.0. The Morgan fingerprint density at radius 2 is 2.11 bits per heavy atom. The molecular weight excluding hydrogens is 242 g/mol. The fraction of sp³-hybridized carbons (Fsp3) is 0.933. The van der Waals surface area contributed by atoms with Gasteiger partial charge in [-0.05, 0) is 52.4 Å². The van der Waals surface area contributed by atoms with Crippen LogP contribution >= 0.6 is 0 Å². The summed E-state index contributed by atoms with van der Waals surface area (Å²) >= 11 is 0. The number of nitrogens with two attached hydrogens (primary N) is 1. The lowest BCUT2D eigenvalue weighted by molar-refractivity contribution is -0.151. The lowest BCUT2D eigenvalue weighted by Crippen LogP contribution is -2.52. The molecule has 4 heteroatoms. The largest absolute Gasteiger partial charge is 0.465 e. The van der Waals surface area contributed by atoms with E-state index in [0.717, 1.165) is 32.1 Å². The van der Waals surface area contributed by atoms with Crippen molar-refractivity contribution in [2.45, 2.75) is 70.9 Å². The average Bonchev–Trinajstić information content (AvgIpc) is 2.73. The Balaban J connectivity index is 2.50. The van der Waals surface area contributed by atoms with Gasteiger partial charge in [-0.25, -0.2) is 0 Å². The second-order valence-electron chi connectivity index (χ2n) is 6.10. The van der Waals surface area contributed by atoms with Crippen LogP contribution in [0.3, 0.4) is 0 Å². The number of hydrogen-bond donors (Lipinski definition) is 1. The van der Waals surface area contributed by atoms with Crippen LogP contribution in [0.25, 0.3) is 0 Å². The van der Waals surface area contributed by atoms with Crippen molar-refractivity contribution < 1.29 is 14.3 Å². The molecule has 1 rings (SSSR count). The van der Waals surface area contributed by atoms with Crippen molar-refractivity contribution in [2.24, 2.45) is 11.7 Å². The van der Waals surface area contributed by atoms with Gasteiger partial charge in [0.25, 0.3) is 0 Å². The predicted molar refractivity (Wildman–Crippen MR) is 75.8 cm³/mol. The van der Waals surface area contributed by atoms with Crippen molar-refractivity contribution in [2.75, 3.05) is 13.2 Å². The summed E-state index contributed by atoms with van der Waals surface area (Å²) in [6.07, 6.45) is 4.53. The number of hydrogen-bond acceptors (Lipinski definition) is 4. The van der Waals surface area contributed by atoms with Crippen LogP contribution in [0.4, 0.5) is 0 Å². The number of ether oxygens (including phenoxy) is 2. The third-order valence-corrected chi connectivity index (χ3v) is 4.34. The molecule has 1 aliphatic rings. The van der Waals surface area contributed by atoms with E-state index in [1.54, 1.807) is 0 Å². The van der Waals surface area contributed by atoms with Gasteiger partial charge >= 0.3 is 5.97 Å². The smallest absolute Gasteiger partial charge is 0.326 e. The standard InChI is InChI=1S/C15H29NO3/c1-5-14(3,4)19-11-9-12-8-7-10-15(12,16)13(17)18-6-2/h12H,5-11,16H2,1-4H3. The van der Waals surface area contributed by atoms with Gasteiger partial charge in [-0.2, -0.15) is 0 Å². The van der Waals surface area contributed by atoms with Crippen molar-refractivity contribution in [3.8, 4) is 0 Å². The molecule has 1 fully saturated rings. The van der Waals surface area contributed by atoms with Crippen LogP contribution in [0.1, 0.15) is 59.8 Å². The van der Waals surface area contributed by atoms with E-state index in [1.165, 1.54) is 0 Å². The van der Waals surface area contributed by atoms with Crippen molar-refractivity contribution in [3.05, 3.63) is 0 Å². The number of rotatable bonds is 7. The molecule has 0 aliphatic heterocycles. The third-order valence-electron chi connectivity index (χ3n) is 4.34. The van der Waals surface area contributed by atoms with Gasteiger partial charge in [0.15, 0.2) is 0 Å². The van der Waals surface area contributed by atoms with Crippen molar-refractivity contribution >= 4 is 5.97 Å². The first-order valence-corrected chi connectivity index (χ1v) is 7.45. The van der Waals surface area contributed by atoms with Crippen LogP contribution in [0.2, 0.25) is 0 Å². The molecule has 2 N–H and O–H groups in total. The van der Waals surface area contributed by atoms with Crippen LogP contribution < -0.4 is 5.73 Å². The molecule has 0 radical (unpaired) electrons. The number of carbonyl (C=O) groups excluding carboxylic acids is 1. The van der Waals surface area contributed by atoms with E-state index in [1.807, 2.05) is 6.92 Å². The van der Waals surface area contributed by atoms with Crippen LogP contribution in [0, 0.1) is 5.92 Å². The zero-order chi connectivity index (χ0) is 14.5. The highest BCUT2D eigenvalue weighted by Crippen LogP contribution is 2.37. The Morgan fingerprint density at radius 1 is 1.42 bits per heavy atom. The first-order valence-electron chi connectivity index (χ1n) is 7.45. The van der Waals surface area contributed by atoms with E-state index in [0.29, 0.717) is 13.2 Å². The lowest BCUT2D eigenvalue weighted by Gasteiger charge is -2.30. The zero-order valence-corrected chi connectivity index (χ0v) is 12.8. The second kappa shape index (κ2) is 6.71. The van der Waals surface area contributed by atoms with Crippen LogP contribution in [-0.4, -0.2) is 30.3 Å². The molecule has 0 spiro atoms. The minimum Gasteiger partial charge on any atom is -0.465 e. The van der Waals surface area contributed by atoms with Crippen LogP contribution in [0.15, 0.2) is 0 Å². The summed E-state index contributed by atoms with van der Waals surface area (Å²) in [6.45, 7) is 9.15. The zero-order valence-electron chi connectivity index (χ0n) is 12.8. The predicted octanol–water partition coefficient (Wildman–Crippen LogP) is 2.64. The minimum atomic E-state index is -0.796. The molecule has 112 valence electrons. The molecule has 1 saturated carbocycles. The van der Waals surface area contributed by atoms with Crippen molar-refractivity contribution in [3.63, 3.8) is 0 Å². The van der Waals surface area contributed by atoms with E-state index in [9.17, 15) is 4.79 Å². The highest BCUT2D eigenvalue weighted by Gasteiger charge is 2.46. The Morgan fingerprint density at radius 3 is 2.68 bits per heavy atom. The molecule has 1 aliphatic carbocycles. The lowest BCUT2D eigenvalue weighted by atomic mass is 9.86. The fourth-order valence-electron chi connectivity index (χ4n) is 2.62. The van der Waals surface area contributed by atoms with Gasteiger partial charge in [-0.3, -0.25) is 4.79 Å². The van der Waals surface area contributed by atoms with E-state index < -0.39 is 5.54 Å². The Kier molecular flexibility index (Phi) is 5.81. The normalized spacial score (nSPS) is 27.5. The Bertz CT molecular complexity index is 304. The maximum Gasteiger partial charge on any atom is 0.326 e. The van der Waals surface area contributed by atoms with Gasteiger partial charge in [0, 0.05) is 6.61 Å². The van der Waals surface area contributed by atoms with Gasteiger partial charge in [-0.15, -0.1) is 0 Å². The SMILES string of the molecule is CCOC(=O)C1(N)CCCC1CCOC(C)(C)CC. The minimum absolute atomic E-state index is 0.0974. The Hall–Kier alpha value is -0.610. The first kappa shape index (κ1) is 16.4. The van der Waals surface area contributed by atoms with Gasteiger partial charge in [0.1, 0.15) is 5.54 Å². The van der Waals surface area contributed by atoms with E-state index in [2.05, 4.69) is 20.8 Å². The van der Waals surface area contributed by atoms with Gasteiger partial charge < -0.3 is 15.2 Å². The summed E-state index contributed by atoms with van der Waals surface area (Å²) in [7, 11) is 0. The highest BCUT2D eigenvalue weighted by molar-refractivity contribution is 5.81. The van der Waals surface area contributed by atoms with Gasteiger partial charge in [0.2, 0.25) is 0 Å². The summed E-state index contributed by atoms with van der Waals surface area (Å²) in [5.41, 5.74) is 5.39. The second-order valence-corrected chi connectivity index (χ2v) is 6.10. The van der Waals surface area contributed by atoms with Crippen molar-refractivity contribution in [1.82, 2.24) is 0 Å². The summed E-state index contributed by atoms with van der Waals surface area (Å²) in [6, 6.07) is 0. The molecule has 0 aromatic heterocycles. The molecule has 2 atom stereocenters. The molecule has 2 unspecified atom stereocenters. The molecule has 0 bridgehead atoms. The molecule has 0 saturated heterocycles. The summed E-state index contributed by atoms with van der Waals surface area (Å²) < 4.78 is 11.0. The molecule has 0 aromatic carbocycles. The average molecular weight is 271 g/mol. The molecule has 19 heavy (non-hydrogen) atoms. The topological polar surface area (TPSA) is 61.5 Å². The van der Waals surface area contributed by atoms with Crippen molar-refractivity contribution in [1.29, 1.82) is 0 Å². The fourth-order valence-corrected chi connectivity index (χ4v) is 2.62. The van der Waals surface area contributed by atoms with E-state index >= 15 is 0 Å². The third kappa shape index (κ3) is 4.18. The molecule has 0 aromatic rings. The summed E-state index contributed by atoms with van der Waals surface area (Å²) in [5.74, 6) is -0.0635. The molecule has 0 amide bonds. The van der Waals surface area contributed by atoms with Gasteiger partial charge in [0.05, 0.1) is 12.2 Å². The quantitative estimate of drug-likeness (QED) is 0.723. The number of carbonyl (C=O) groups is 1. The van der Waals surface area contributed by atoms with E-state index in [4.69, 9.17) is 15.2 Å². The molecule has 4 nitrogen and oxygen atoms in total. The Labute approximate surface area is 117 Å². The first-order chi connectivity index (χ1) is 8.85. The van der Waals surface area contributed by atoms with Crippen LogP contribution in [-0.2, 0) is 14.3 Å². The number of esters is 1. The van der Waals surface area contributed by atoms with E-state index in [-0.39, 0.29) is 17.5 Å². The maximum atomic E-state index is 12.0. The summed E-state index contributed by atoms with van der Waals surface area (Å²) in [5, 5.41) is 0. The molecular formula is C15H29NO3. The van der Waals surface area contributed by atoms with Gasteiger partial charge in [-0.1, -0.05) is 13.3 Å². The van der Waals surface area contributed by atoms with Crippen LogP contribution in [0.5, 0.6) is 0 Å².